The fraction of sp³-hybridized carbons (Fsp3) is 0.231. The summed E-state index contributed by atoms with van der Waals surface area (Å²) < 4.78 is 26.7. The van der Waals surface area contributed by atoms with E-state index in [-0.39, 0.29) is 17.9 Å². The van der Waals surface area contributed by atoms with Gasteiger partial charge in [0, 0.05) is 24.0 Å². The molecule has 2 aromatic rings. The summed E-state index contributed by atoms with van der Waals surface area (Å²) in [4.78, 5) is 15.4. The number of hydrogen-bond acceptors (Lipinski definition) is 5. The molecule has 0 atom stereocenters. The zero-order valence-electron chi connectivity index (χ0n) is 11.0. The maximum atomic E-state index is 12.1. The molecule has 0 fully saturated rings. The molecular formula is C13H14N2O4S2. The van der Waals surface area contributed by atoms with Crippen LogP contribution in [0.15, 0.2) is 40.9 Å². The smallest absolute Gasteiger partial charge is 0.303 e. The third-order valence-electron chi connectivity index (χ3n) is 2.78. The molecule has 6 nitrogen and oxygen atoms in total. The number of nitrogens with one attached hydrogen (secondary N) is 1. The van der Waals surface area contributed by atoms with Crippen molar-refractivity contribution >= 4 is 27.3 Å². The summed E-state index contributed by atoms with van der Waals surface area (Å²) in [5.74, 6) is -0.877. The molecule has 0 bridgehead atoms. The van der Waals surface area contributed by atoms with E-state index >= 15 is 0 Å². The van der Waals surface area contributed by atoms with Gasteiger partial charge in [0.05, 0.1) is 10.4 Å². The molecule has 2 N–H and O–H groups in total. The van der Waals surface area contributed by atoms with Crippen molar-refractivity contribution in [2.75, 3.05) is 0 Å². The van der Waals surface area contributed by atoms with Crippen LogP contribution in [0.5, 0.6) is 0 Å². The Kier molecular flexibility index (Phi) is 5.05. The first kappa shape index (κ1) is 15.6. The Morgan fingerprint density at radius 1 is 1.29 bits per heavy atom. The predicted molar refractivity (Wildman–Crippen MR) is 78.5 cm³/mol. The van der Waals surface area contributed by atoms with Gasteiger partial charge >= 0.3 is 5.97 Å². The van der Waals surface area contributed by atoms with Crippen LogP contribution in [0.25, 0.3) is 0 Å². The first-order valence-electron chi connectivity index (χ1n) is 6.15. The Balaban J connectivity index is 2.01. The van der Waals surface area contributed by atoms with E-state index in [9.17, 15) is 13.2 Å². The van der Waals surface area contributed by atoms with Crippen LogP contribution in [0, 0.1) is 0 Å². The minimum absolute atomic E-state index is 0.0235. The average Bonchev–Trinajstić information content (AvgIpc) is 2.97. The van der Waals surface area contributed by atoms with E-state index in [1.54, 1.807) is 23.8 Å². The quantitative estimate of drug-likeness (QED) is 0.806. The second-order valence-corrected chi connectivity index (χ2v) is 7.07. The third kappa shape index (κ3) is 4.62. The van der Waals surface area contributed by atoms with E-state index in [0.717, 1.165) is 10.4 Å². The molecule has 21 heavy (non-hydrogen) atoms. The number of carboxylic acids is 1. The number of carbonyl (C=O) groups is 1. The molecule has 0 unspecified atom stereocenters. The van der Waals surface area contributed by atoms with Crippen molar-refractivity contribution in [1.82, 2.24) is 9.71 Å². The molecule has 1 aromatic heterocycles. The zero-order valence-corrected chi connectivity index (χ0v) is 12.7. The van der Waals surface area contributed by atoms with Gasteiger partial charge in [0.2, 0.25) is 10.0 Å². The maximum absolute atomic E-state index is 12.1. The third-order valence-corrected chi connectivity index (χ3v) is 4.98. The number of carboxylic acid groups (broad SMARTS) is 1. The minimum Gasteiger partial charge on any atom is -0.481 e. The summed E-state index contributed by atoms with van der Waals surface area (Å²) in [5, 5.41) is 8.61. The molecule has 0 radical (unpaired) electrons. The van der Waals surface area contributed by atoms with Crippen molar-refractivity contribution in [1.29, 1.82) is 0 Å². The van der Waals surface area contributed by atoms with E-state index in [1.165, 1.54) is 23.5 Å². The van der Waals surface area contributed by atoms with E-state index in [2.05, 4.69) is 9.71 Å². The Morgan fingerprint density at radius 3 is 2.57 bits per heavy atom. The molecule has 0 amide bonds. The molecule has 0 saturated heterocycles. The van der Waals surface area contributed by atoms with Gasteiger partial charge in [0.15, 0.2) is 0 Å². The summed E-state index contributed by atoms with van der Waals surface area (Å²) in [5.41, 5.74) is 2.43. The fourth-order valence-electron chi connectivity index (χ4n) is 1.67. The van der Waals surface area contributed by atoms with Gasteiger partial charge in [-0.3, -0.25) is 9.78 Å². The van der Waals surface area contributed by atoms with Crippen LogP contribution in [-0.2, 0) is 27.8 Å². The highest BCUT2D eigenvalue weighted by atomic mass is 32.2. The Labute approximate surface area is 126 Å². The number of sulfonamides is 1. The summed E-state index contributed by atoms with van der Waals surface area (Å²) in [6.07, 6.45) is 2.02. The first-order valence-corrected chi connectivity index (χ1v) is 8.51. The van der Waals surface area contributed by atoms with E-state index < -0.39 is 16.0 Å². The van der Waals surface area contributed by atoms with Gasteiger partial charge in [0.1, 0.15) is 0 Å². The number of aliphatic carboxylic acids is 1. The van der Waals surface area contributed by atoms with Crippen LogP contribution in [0.2, 0.25) is 0 Å². The molecule has 112 valence electrons. The van der Waals surface area contributed by atoms with Crippen molar-refractivity contribution in [3.8, 4) is 0 Å². The van der Waals surface area contributed by atoms with Gasteiger partial charge in [-0.1, -0.05) is 12.1 Å². The van der Waals surface area contributed by atoms with Gasteiger partial charge in [-0.25, -0.2) is 13.1 Å². The lowest BCUT2D eigenvalue weighted by Gasteiger charge is -2.06. The standard InChI is InChI=1S/C13H14N2O4S2/c16-13(17)6-3-10-1-4-12(5-2-10)21(18,19)15-8-11-7-14-9-20-11/h1-2,4-5,7,9,15H,3,6,8H2,(H,16,17). The van der Waals surface area contributed by atoms with Gasteiger partial charge in [-0.2, -0.15) is 0 Å². The summed E-state index contributed by atoms with van der Waals surface area (Å²) in [6, 6.07) is 6.22. The fourth-order valence-corrected chi connectivity index (χ4v) is 3.30. The summed E-state index contributed by atoms with van der Waals surface area (Å²) >= 11 is 1.38. The lowest BCUT2D eigenvalue weighted by Crippen LogP contribution is -2.22. The number of nitrogens with zero attached hydrogens (tertiary/aromatic N) is 1. The van der Waals surface area contributed by atoms with Crippen molar-refractivity contribution in [2.45, 2.75) is 24.3 Å². The molecule has 0 saturated carbocycles. The number of aryl methyl sites for hydroxylation is 1. The maximum Gasteiger partial charge on any atom is 0.303 e. The van der Waals surface area contributed by atoms with Crippen LogP contribution < -0.4 is 4.72 Å². The van der Waals surface area contributed by atoms with Crippen molar-refractivity contribution < 1.29 is 18.3 Å². The largest absolute Gasteiger partial charge is 0.481 e. The van der Waals surface area contributed by atoms with Gasteiger partial charge < -0.3 is 5.11 Å². The van der Waals surface area contributed by atoms with E-state index in [1.807, 2.05) is 0 Å². The number of rotatable bonds is 7. The van der Waals surface area contributed by atoms with Crippen LogP contribution in [0.4, 0.5) is 0 Å². The minimum atomic E-state index is -3.57. The highest BCUT2D eigenvalue weighted by Crippen LogP contribution is 2.13. The first-order chi connectivity index (χ1) is 9.97. The predicted octanol–water partition coefficient (Wildman–Crippen LogP) is 1.64. The summed E-state index contributed by atoms with van der Waals surface area (Å²) in [6.45, 7) is 0.202. The molecule has 0 aliphatic heterocycles. The SMILES string of the molecule is O=C(O)CCc1ccc(S(=O)(=O)NCc2cncs2)cc1. The van der Waals surface area contributed by atoms with Crippen molar-refractivity contribution in [2.24, 2.45) is 0 Å². The number of hydrogen-bond donors (Lipinski definition) is 2. The van der Waals surface area contributed by atoms with E-state index in [0.29, 0.717) is 6.42 Å². The second-order valence-electron chi connectivity index (χ2n) is 4.33. The molecule has 1 heterocycles. The van der Waals surface area contributed by atoms with Gasteiger partial charge in [-0.15, -0.1) is 11.3 Å². The monoisotopic (exact) mass is 326 g/mol. The molecule has 0 aliphatic rings. The normalized spacial score (nSPS) is 11.4. The van der Waals surface area contributed by atoms with Gasteiger partial charge in [-0.05, 0) is 24.1 Å². The molecule has 1 aromatic carbocycles. The molecule has 8 heteroatoms. The lowest BCUT2D eigenvalue weighted by atomic mass is 10.1. The topological polar surface area (TPSA) is 96.4 Å². The summed E-state index contributed by atoms with van der Waals surface area (Å²) in [7, 11) is -3.57. The highest BCUT2D eigenvalue weighted by Gasteiger charge is 2.14. The van der Waals surface area contributed by atoms with Crippen LogP contribution in [0.3, 0.4) is 0 Å². The van der Waals surface area contributed by atoms with Gasteiger partial charge in [0.25, 0.3) is 0 Å². The average molecular weight is 326 g/mol. The van der Waals surface area contributed by atoms with Crippen molar-refractivity contribution in [3.05, 3.63) is 46.4 Å². The van der Waals surface area contributed by atoms with E-state index in [4.69, 9.17) is 5.11 Å². The number of aromatic nitrogens is 1. The van der Waals surface area contributed by atoms with Crippen molar-refractivity contribution in [3.63, 3.8) is 0 Å². The Hall–Kier alpha value is -1.77. The lowest BCUT2D eigenvalue weighted by molar-refractivity contribution is -0.136. The molecular weight excluding hydrogens is 312 g/mol. The molecule has 0 spiro atoms. The highest BCUT2D eigenvalue weighted by molar-refractivity contribution is 7.89. The zero-order chi connectivity index (χ0) is 15.3. The number of benzene rings is 1. The number of thiazole rings is 1. The Bertz CT molecular complexity index is 694. The van der Waals surface area contributed by atoms with Crippen LogP contribution >= 0.6 is 11.3 Å². The van der Waals surface area contributed by atoms with Crippen LogP contribution in [-0.4, -0.2) is 24.5 Å². The molecule has 0 aliphatic carbocycles. The molecule has 2 rings (SSSR count). The Morgan fingerprint density at radius 2 is 2.00 bits per heavy atom. The van der Waals surface area contributed by atoms with Crippen LogP contribution in [0.1, 0.15) is 16.9 Å². The second kappa shape index (κ2) is 6.79.